The number of allylic oxidation sites excluding steroid dienone is 1. The third-order valence-corrected chi connectivity index (χ3v) is 2.55. The summed E-state index contributed by atoms with van der Waals surface area (Å²) in [6.45, 7) is 9.49. The fraction of sp³-hybridized carbons (Fsp3) is 0.714. The maximum atomic E-state index is 3.73. The van der Waals surface area contributed by atoms with Gasteiger partial charge in [-0.3, -0.25) is 0 Å². The number of hydrogen-bond donors (Lipinski definition) is 1. The Morgan fingerprint density at radius 2 is 1.33 bits per heavy atom. The van der Waals surface area contributed by atoms with Crippen molar-refractivity contribution in [3.8, 4) is 0 Å². The van der Waals surface area contributed by atoms with Crippen LogP contribution in [0.15, 0.2) is 25.3 Å². The van der Waals surface area contributed by atoms with Crippen molar-refractivity contribution in [2.24, 2.45) is 0 Å². The van der Waals surface area contributed by atoms with Crippen LogP contribution in [0.5, 0.6) is 0 Å². The Hall–Kier alpha value is -0.560. The van der Waals surface area contributed by atoms with Gasteiger partial charge in [-0.15, -0.1) is 13.2 Å². The van der Waals surface area contributed by atoms with E-state index in [1.54, 1.807) is 0 Å². The van der Waals surface area contributed by atoms with Crippen LogP contribution in [0.3, 0.4) is 0 Å². The second kappa shape index (κ2) is 13.4. The molecule has 0 radical (unpaired) electrons. The van der Waals surface area contributed by atoms with Crippen LogP contribution in [0, 0.1) is 0 Å². The van der Waals surface area contributed by atoms with E-state index < -0.39 is 0 Å². The van der Waals surface area contributed by atoms with E-state index in [1.165, 1.54) is 51.4 Å². The summed E-state index contributed by atoms with van der Waals surface area (Å²) in [7, 11) is 0. The van der Waals surface area contributed by atoms with Gasteiger partial charge in [0, 0.05) is 6.54 Å². The molecule has 1 heteroatoms. The zero-order chi connectivity index (χ0) is 11.2. The first-order valence-electron chi connectivity index (χ1n) is 6.34. The Balaban J connectivity index is 2.86. The highest BCUT2D eigenvalue weighted by molar-refractivity contribution is 4.69. The minimum atomic E-state index is 0.946. The van der Waals surface area contributed by atoms with Crippen LogP contribution in [-0.4, -0.2) is 13.1 Å². The molecule has 1 N–H and O–H groups in total. The molecule has 0 aromatic carbocycles. The molecule has 88 valence electrons. The van der Waals surface area contributed by atoms with Crippen LogP contribution < -0.4 is 5.32 Å². The summed E-state index contributed by atoms with van der Waals surface area (Å²) in [5, 5.41) is 3.32. The molecular weight excluding hydrogens is 182 g/mol. The summed E-state index contributed by atoms with van der Waals surface area (Å²) in [6, 6.07) is 0. The number of rotatable bonds is 12. The van der Waals surface area contributed by atoms with E-state index in [2.05, 4.69) is 18.5 Å². The molecule has 0 saturated carbocycles. The molecule has 0 spiro atoms. The van der Waals surface area contributed by atoms with Crippen molar-refractivity contribution in [1.82, 2.24) is 5.32 Å². The molecule has 0 aliphatic heterocycles. The lowest BCUT2D eigenvalue weighted by atomic mass is 10.1. The molecule has 0 heterocycles. The van der Waals surface area contributed by atoms with Crippen LogP contribution >= 0.6 is 0 Å². The first kappa shape index (κ1) is 14.4. The summed E-state index contributed by atoms with van der Waals surface area (Å²) in [6.07, 6.45) is 14.7. The molecule has 0 bridgehead atoms. The van der Waals surface area contributed by atoms with Crippen LogP contribution in [0.4, 0.5) is 0 Å². The summed E-state index contributed by atoms with van der Waals surface area (Å²) >= 11 is 0. The van der Waals surface area contributed by atoms with Crippen LogP contribution in [0.2, 0.25) is 0 Å². The predicted molar refractivity (Wildman–Crippen MR) is 70.2 cm³/mol. The Kier molecular flexibility index (Phi) is 12.9. The van der Waals surface area contributed by atoms with E-state index in [1.807, 2.05) is 12.2 Å². The van der Waals surface area contributed by atoms with Gasteiger partial charge in [-0.25, -0.2) is 0 Å². The highest BCUT2D eigenvalue weighted by Crippen LogP contribution is 2.08. The fourth-order valence-electron chi connectivity index (χ4n) is 1.63. The molecule has 0 unspecified atom stereocenters. The van der Waals surface area contributed by atoms with Gasteiger partial charge in [0.25, 0.3) is 0 Å². The topological polar surface area (TPSA) is 12.0 Å². The lowest BCUT2D eigenvalue weighted by Gasteiger charge is -2.02. The van der Waals surface area contributed by atoms with E-state index in [9.17, 15) is 0 Å². The third-order valence-electron chi connectivity index (χ3n) is 2.55. The van der Waals surface area contributed by atoms with Crippen LogP contribution in [-0.2, 0) is 0 Å². The highest BCUT2D eigenvalue weighted by atomic mass is 14.8. The predicted octanol–water partition coefficient (Wildman–Crippen LogP) is 4.07. The molecule has 0 aromatic rings. The molecule has 0 fully saturated rings. The molecule has 1 nitrogen and oxygen atoms in total. The SMILES string of the molecule is C=CCCCCCCCCCNCC=C. The number of hydrogen-bond acceptors (Lipinski definition) is 1. The van der Waals surface area contributed by atoms with Gasteiger partial charge in [0.1, 0.15) is 0 Å². The fourth-order valence-corrected chi connectivity index (χ4v) is 1.63. The zero-order valence-electron chi connectivity index (χ0n) is 10.1. The second-order valence-corrected chi connectivity index (χ2v) is 4.05. The average Bonchev–Trinajstić information content (AvgIpc) is 2.26. The quantitative estimate of drug-likeness (QED) is 0.377. The standard InChI is InChI=1S/C14H27N/c1-3-5-6-7-8-9-10-11-12-14-15-13-4-2/h3-4,15H,1-2,5-14H2. The monoisotopic (exact) mass is 209 g/mol. The smallest absolute Gasteiger partial charge is 0.0132 e. The first-order chi connectivity index (χ1) is 7.41. The average molecular weight is 209 g/mol. The van der Waals surface area contributed by atoms with Crippen LogP contribution in [0.1, 0.15) is 51.4 Å². The Labute approximate surface area is 95.7 Å². The molecule has 0 aliphatic carbocycles. The second-order valence-electron chi connectivity index (χ2n) is 4.05. The summed E-state index contributed by atoms with van der Waals surface area (Å²) in [5.74, 6) is 0. The van der Waals surface area contributed by atoms with Gasteiger partial charge >= 0.3 is 0 Å². The molecule has 0 aromatic heterocycles. The normalized spacial score (nSPS) is 10.1. The van der Waals surface area contributed by atoms with Crippen molar-refractivity contribution in [2.45, 2.75) is 51.4 Å². The van der Waals surface area contributed by atoms with E-state index in [-0.39, 0.29) is 0 Å². The summed E-state index contributed by atoms with van der Waals surface area (Å²) < 4.78 is 0. The zero-order valence-corrected chi connectivity index (χ0v) is 10.1. The van der Waals surface area contributed by atoms with Crippen molar-refractivity contribution in [3.63, 3.8) is 0 Å². The minimum absolute atomic E-state index is 0.946. The maximum Gasteiger partial charge on any atom is 0.0132 e. The van der Waals surface area contributed by atoms with E-state index in [0.29, 0.717) is 0 Å². The van der Waals surface area contributed by atoms with Gasteiger partial charge in [0.15, 0.2) is 0 Å². The Bertz CT molecular complexity index is 124. The van der Waals surface area contributed by atoms with Gasteiger partial charge in [-0.1, -0.05) is 44.3 Å². The summed E-state index contributed by atoms with van der Waals surface area (Å²) in [4.78, 5) is 0. The molecule has 0 atom stereocenters. The first-order valence-corrected chi connectivity index (χ1v) is 6.34. The van der Waals surface area contributed by atoms with Gasteiger partial charge in [-0.05, 0) is 25.8 Å². The lowest BCUT2D eigenvalue weighted by Crippen LogP contribution is -2.14. The molecule has 0 rings (SSSR count). The van der Waals surface area contributed by atoms with Gasteiger partial charge in [0.2, 0.25) is 0 Å². The molecule has 0 aliphatic rings. The van der Waals surface area contributed by atoms with Gasteiger partial charge < -0.3 is 5.32 Å². The Morgan fingerprint density at radius 3 is 1.93 bits per heavy atom. The minimum Gasteiger partial charge on any atom is -0.313 e. The van der Waals surface area contributed by atoms with E-state index in [4.69, 9.17) is 0 Å². The molecule has 15 heavy (non-hydrogen) atoms. The molecular formula is C14H27N. The van der Waals surface area contributed by atoms with Crippen LogP contribution in [0.25, 0.3) is 0 Å². The largest absolute Gasteiger partial charge is 0.313 e. The lowest BCUT2D eigenvalue weighted by molar-refractivity contribution is 0.567. The Morgan fingerprint density at radius 1 is 0.733 bits per heavy atom. The van der Waals surface area contributed by atoms with E-state index >= 15 is 0 Å². The maximum absolute atomic E-state index is 3.73. The van der Waals surface area contributed by atoms with Crippen molar-refractivity contribution < 1.29 is 0 Å². The number of nitrogens with one attached hydrogen (secondary N) is 1. The van der Waals surface area contributed by atoms with Crippen molar-refractivity contribution in [1.29, 1.82) is 0 Å². The molecule has 0 amide bonds. The van der Waals surface area contributed by atoms with Crippen molar-refractivity contribution >= 4 is 0 Å². The van der Waals surface area contributed by atoms with Crippen molar-refractivity contribution in [2.75, 3.05) is 13.1 Å². The number of unbranched alkanes of at least 4 members (excludes halogenated alkanes) is 7. The van der Waals surface area contributed by atoms with Gasteiger partial charge in [-0.2, -0.15) is 0 Å². The van der Waals surface area contributed by atoms with E-state index in [0.717, 1.165) is 13.1 Å². The highest BCUT2D eigenvalue weighted by Gasteiger charge is 1.91. The molecule has 0 saturated heterocycles. The third kappa shape index (κ3) is 13.4. The van der Waals surface area contributed by atoms with Gasteiger partial charge in [0.05, 0.1) is 0 Å². The summed E-state index contributed by atoms with van der Waals surface area (Å²) in [5.41, 5.74) is 0. The van der Waals surface area contributed by atoms with Crippen molar-refractivity contribution in [3.05, 3.63) is 25.3 Å².